The number of carboxylic acid groups (broad SMARTS) is 1. The van der Waals surface area contributed by atoms with Gasteiger partial charge in [0.25, 0.3) is 0 Å². The second-order valence-electron chi connectivity index (χ2n) is 2.96. The first-order valence-electron chi connectivity index (χ1n) is 3.93. The van der Waals surface area contributed by atoms with Crippen LogP contribution in [0.15, 0.2) is 18.2 Å². The minimum atomic E-state index is -0.883. The summed E-state index contributed by atoms with van der Waals surface area (Å²) in [6, 6.07) is 4.77. The van der Waals surface area contributed by atoms with Crippen LogP contribution < -0.4 is 5.32 Å². The molecular weight excluding hydrogens is 190 g/mol. The van der Waals surface area contributed by atoms with Crippen LogP contribution in [0.4, 0.5) is 0 Å². The van der Waals surface area contributed by atoms with Crippen molar-refractivity contribution in [2.45, 2.75) is 12.6 Å². The van der Waals surface area contributed by atoms with Crippen molar-refractivity contribution < 1.29 is 9.90 Å². The lowest BCUT2D eigenvalue weighted by Crippen LogP contribution is -2.21. The highest BCUT2D eigenvalue weighted by molar-refractivity contribution is 6.31. The number of hydrogen-bond donors (Lipinski definition) is 2. The Bertz CT molecular complexity index is 365. The van der Waals surface area contributed by atoms with Crippen molar-refractivity contribution in [1.29, 1.82) is 0 Å². The second kappa shape index (κ2) is 3.01. The lowest BCUT2D eigenvalue weighted by molar-refractivity contribution is -0.139. The molecule has 2 rings (SSSR count). The third kappa shape index (κ3) is 1.30. The van der Waals surface area contributed by atoms with E-state index in [0.29, 0.717) is 17.1 Å². The van der Waals surface area contributed by atoms with Gasteiger partial charge < -0.3 is 5.11 Å². The smallest absolute Gasteiger partial charge is 0.325 e. The lowest BCUT2D eigenvalue weighted by Gasteiger charge is -2.07. The van der Waals surface area contributed by atoms with E-state index in [1.807, 2.05) is 12.1 Å². The number of nitrogens with one attached hydrogen (secondary N) is 1. The van der Waals surface area contributed by atoms with Gasteiger partial charge in [-0.3, -0.25) is 10.1 Å². The molecule has 4 heteroatoms. The second-order valence-corrected chi connectivity index (χ2v) is 3.37. The molecule has 0 bridgehead atoms. The van der Waals surface area contributed by atoms with Gasteiger partial charge in [-0.1, -0.05) is 23.7 Å². The highest BCUT2D eigenvalue weighted by atomic mass is 35.5. The summed E-state index contributed by atoms with van der Waals surface area (Å²) < 4.78 is 0. The quantitative estimate of drug-likeness (QED) is 0.719. The standard InChI is InChI=1S/C9H8ClNO2/c10-6-3-1-2-5-4-11-8(7(5)6)9(12)13/h1-3,8,11H,4H2,(H,12,13)/t8-/m0/s1. The molecule has 1 aromatic rings. The van der Waals surface area contributed by atoms with Crippen LogP contribution in [0.5, 0.6) is 0 Å². The molecule has 68 valence electrons. The number of fused-ring (bicyclic) bond motifs is 1. The van der Waals surface area contributed by atoms with Gasteiger partial charge in [-0.05, 0) is 11.6 Å². The van der Waals surface area contributed by atoms with Crippen LogP contribution in [0.25, 0.3) is 0 Å². The average Bonchev–Trinajstić information content (AvgIpc) is 2.49. The molecule has 1 aliphatic heterocycles. The molecule has 0 fully saturated rings. The fraction of sp³-hybridized carbons (Fsp3) is 0.222. The summed E-state index contributed by atoms with van der Waals surface area (Å²) in [6.07, 6.45) is 0. The molecule has 0 aliphatic carbocycles. The highest BCUT2D eigenvalue weighted by Gasteiger charge is 2.29. The molecule has 0 unspecified atom stereocenters. The zero-order valence-corrected chi connectivity index (χ0v) is 7.51. The maximum atomic E-state index is 10.8. The van der Waals surface area contributed by atoms with Gasteiger partial charge in [0.1, 0.15) is 6.04 Å². The summed E-state index contributed by atoms with van der Waals surface area (Å²) in [7, 11) is 0. The van der Waals surface area contributed by atoms with E-state index in [4.69, 9.17) is 16.7 Å². The van der Waals surface area contributed by atoms with Crippen LogP contribution in [0, 0.1) is 0 Å². The maximum Gasteiger partial charge on any atom is 0.325 e. The van der Waals surface area contributed by atoms with Crippen LogP contribution in [0.2, 0.25) is 5.02 Å². The van der Waals surface area contributed by atoms with Crippen molar-refractivity contribution >= 4 is 17.6 Å². The molecule has 0 saturated heterocycles. The fourth-order valence-corrected chi connectivity index (χ4v) is 1.89. The van der Waals surface area contributed by atoms with Crippen molar-refractivity contribution in [3.05, 3.63) is 34.3 Å². The number of rotatable bonds is 1. The molecule has 1 heterocycles. The van der Waals surface area contributed by atoms with Gasteiger partial charge in [0, 0.05) is 17.1 Å². The molecule has 1 aromatic carbocycles. The van der Waals surface area contributed by atoms with Gasteiger partial charge in [0.05, 0.1) is 0 Å². The van der Waals surface area contributed by atoms with E-state index in [2.05, 4.69) is 5.32 Å². The Morgan fingerprint density at radius 2 is 2.38 bits per heavy atom. The SMILES string of the molecule is O=C(O)[C@H]1NCc2cccc(Cl)c21. The number of halogens is 1. The summed E-state index contributed by atoms with van der Waals surface area (Å²) >= 11 is 5.91. The third-order valence-corrected chi connectivity index (χ3v) is 2.51. The fourth-order valence-electron chi connectivity index (χ4n) is 1.58. The van der Waals surface area contributed by atoms with Crippen LogP contribution in [-0.4, -0.2) is 11.1 Å². The molecule has 0 saturated carbocycles. The molecule has 2 N–H and O–H groups in total. The molecule has 0 radical (unpaired) electrons. The Morgan fingerprint density at radius 3 is 3.08 bits per heavy atom. The summed E-state index contributed by atoms with van der Waals surface area (Å²) in [4.78, 5) is 10.8. The summed E-state index contributed by atoms with van der Waals surface area (Å²) in [6.45, 7) is 0.576. The van der Waals surface area contributed by atoms with Crippen LogP contribution >= 0.6 is 11.6 Å². The van der Waals surface area contributed by atoms with Crippen LogP contribution in [0.1, 0.15) is 17.2 Å². The van der Waals surface area contributed by atoms with E-state index < -0.39 is 12.0 Å². The lowest BCUT2D eigenvalue weighted by atomic mass is 10.1. The van der Waals surface area contributed by atoms with Crippen molar-refractivity contribution in [3.8, 4) is 0 Å². The molecule has 0 spiro atoms. The predicted molar refractivity (Wildman–Crippen MR) is 48.7 cm³/mol. The molecular formula is C9H8ClNO2. The Hall–Kier alpha value is -1.06. The van der Waals surface area contributed by atoms with E-state index in [1.165, 1.54) is 0 Å². The molecule has 0 aromatic heterocycles. The first kappa shape index (κ1) is 8.53. The molecule has 0 amide bonds. The van der Waals surface area contributed by atoms with Gasteiger partial charge in [0.15, 0.2) is 0 Å². The van der Waals surface area contributed by atoms with Gasteiger partial charge in [-0.15, -0.1) is 0 Å². The van der Waals surface area contributed by atoms with E-state index in [1.54, 1.807) is 6.07 Å². The number of benzene rings is 1. The topological polar surface area (TPSA) is 49.3 Å². The first-order chi connectivity index (χ1) is 6.20. The number of aliphatic carboxylic acids is 1. The van der Waals surface area contributed by atoms with Crippen molar-refractivity contribution in [2.75, 3.05) is 0 Å². The average molecular weight is 198 g/mol. The number of carbonyl (C=O) groups is 1. The minimum Gasteiger partial charge on any atom is -0.480 e. The number of hydrogen-bond acceptors (Lipinski definition) is 2. The van der Waals surface area contributed by atoms with Gasteiger partial charge in [-0.2, -0.15) is 0 Å². The van der Waals surface area contributed by atoms with Gasteiger partial charge in [0.2, 0.25) is 0 Å². The monoisotopic (exact) mass is 197 g/mol. The zero-order valence-electron chi connectivity index (χ0n) is 6.75. The molecule has 1 atom stereocenters. The first-order valence-corrected chi connectivity index (χ1v) is 4.31. The molecule has 1 aliphatic rings. The van der Waals surface area contributed by atoms with Crippen molar-refractivity contribution in [3.63, 3.8) is 0 Å². The third-order valence-electron chi connectivity index (χ3n) is 2.18. The van der Waals surface area contributed by atoms with Crippen LogP contribution in [-0.2, 0) is 11.3 Å². The van der Waals surface area contributed by atoms with E-state index >= 15 is 0 Å². The van der Waals surface area contributed by atoms with Crippen molar-refractivity contribution in [1.82, 2.24) is 5.32 Å². The Kier molecular flexibility index (Phi) is 1.98. The van der Waals surface area contributed by atoms with Crippen LogP contribution in [0.3, 0.4) is 0 Å². The van der Waals surface area contributed by atoms with Gasteiger partial charge >= 0.3 is 5.97 Å². The zero-order chi connectivity index (χ0) is 9.42. The predicted octanol–water partition coefficient (Wildman–Crippen LogP) is 1.57. The van der Waals surface area contributed by atoms with E-state index in [0.717, 1.165) is 5.56 Å². The summed E-state index contributed by atoms with van der Waals surface area (Å²) in [5.41, 5.74) is 1.68. The largest absolute Gasteiger partial charge is 0.480 e. The van der Waals surface area contributed by atoms with E-state index in [-0.39, 0.29) is 0 Å². The Balaban J connectivity index is 2.52. The van der Waals surface area contributed by atoms with E-state index in [9.17, 15) is 4.79 Å². The minimum absolute atomic E-state index is 0.523. The number of carboxylic acids is 1. The molecule has 13 heavy (non-hydrogen) atoms. The van der Waals surface area contributed by atoms with Gasteiger partial charge in [-0.25, -0.2) is 0 Å². The molecule has 3 nitrogen and oxygen atoms in total. The van der Waals surface area contributed by atoms with Crippen molar-refractivity contribution in [2.24, 2.45) is 0 Å². The highest BCUT2D eigenvalue weighted by Crippen LogP contribution is 2.31. The maximum absolute atomic E-state index is 10.8. The normalized spacial score (nSPS) is 19.9. The Labute approximate surface area is 80.3 Å². The summed E-state index contributed by atoms with van der Waals surface area (Å²) in [5.74, 6) is -0.883. The summed E-state index contributed by atoms with van der Waals surface area (Å²) in [5, 5.41) is 12.3. The Morgan fingerprint density at radius 1 is 1.62 bits per heavy atom.